The Morgan fingerprint density at radius 3 is 2.33 bits per heavy atom. The molecule has 0 bridgehead atoms. The number of rotatable bonds is 4. The van der Waals surface area contributed by atoms with Crippen LogP contribution in [0.3, 0.4) is 0 Å². The van der Waals surface area contributed by atoms with E-state index < -0.39 is 10.0 Å². The van der Waals surface area contributed by atoms with E-state index in [9.17, 15) is 13.2 Å². The minimum absolute atomic E-state index is 0.115. The zero-order valence-corrected chi connectivity index (χ0v) is 16.6. The summed E-state index contributed by atoms with van der Waals surface area (Å²) in [6.45, 7) is 3.25. The van der Waals surface area contributed by atoms with Gasteiger partial charge in [-0.15, -0.1) is 0 Å². The summed E-state index contributed by atoms with van der Waals surface area (Å²) in [7, 11) is -3.60. The number of aryl methyl sites for hydroxylation is 1. The normalized spacial score (nSPS) is 16.0. The second-order valence-corrected chi connectivity index (χ2v) is 8.81. The van der Waals surface area contributed by atoms with Gasteiger partial charge in [-0.05, 0) is 36.8 Å². The van der Waals surface area contributed by atoms with E-state index in [0.717, 1.165) is 11.1 Å². The number of carbonyl (C=O) groups excluding carboxylic acids is 1. The molecule has 1 amide bonds. The van der Waals surface area contributed by atoms with Crippen molar-refractivity contribution in [3.05, 3.63) is 70.8 Å². The van der Waals surface area contributed by atoms with Gasteiger partial charge in [0.1, 0.15) is 0 Å². The minimum atomic E-state index is -3.60. The molecular weight excluding hydrogens is 384 g/mol. The molecule has 1 fully saturated rings. The Morgan fingerprint density at radius 1 is 1.04 bits per heavy atom. The van der Waals surface area contributed by atoms with Gasteiger partial charge in [-0.2, -0.15) is 4.31 Å². The number of amides is 1. The molecule has 0 spiro atoms. The Bertz CT molecular complexity index is 947. The van der Waals surface area contributed by atoms with Crippen molar-refractivity contribution in [1.29, 1.82) is 0 Å². The van der Waals surface area contributed by atoms with Crippen LogP contribution in [0.4, 0.5) is 0 Å². The van der Waals surface area contributed by atoms with Crippen molar-refractivity contribution >= 4 is 33.6 Å². The highest BCUT2D eigenvalue weighted by atomic mass is 35.5. The third-order valence-electron chi connectivity index (χ3n) is 4.48. The van der Waals surface area contributed by atoms with Gasteiger partial charge in [-0.3, -0.25) is 4.79 Å². The second kappa shape index (κ2) is 8.25. The second-order valence-electron chi connectivity index (χ2n) is 6.43. The summed E-state index contributed by atoms with van der Waals surface area (Å²) < 4.78 is 26.8. The molecule has 1 heterocycles. The first kappa shape index (κ1) is 19.6. The van der Waals surface area contributed by atoms with Crippen molar-refractivity contribution in [3.8, 4) is 0 Å². The SMILES string of the molecule is Cc1ccc(/C=C/C(=O)N2CCN(S(=O)(=O)c3cccc(Cl)c3)CC2)cc1. The number of halogens is 1. The third-order valence-corrected chi connectivity index (χ3v) is 6.61. The van der Waals surface area contributed by atoms with Crippen molar-refractivity contribution in [2.24, 2.45) is 0 Å². The standard InChI is InChI=1S/C20H21ClN2O3S/c1-16-5-7-17(8-6-16)9-10-20(24)22-11-13-23(14-12-22)27(25,26)19-4-2-3-18(21)15-19/h2-10,15H,11-14H2,1H3/b10-9+. The van der Waals surface area contributed by atoms with E-state index in [1.54, 1.807) is 23.1 Å². The minimum Gasteiger partial charge on any atom is -0.337 e. The van der Waals surface area contributed by atoms with Gasteiger partial charge in [-0.1, -0.05) is 47.5 Å². The van der Waals surface area contributed by atoms with E-state index in [1.807, 2.05) is 31.2 Å². The van der Waals surface area contributed by atoms with E-state index in [4.69, 9.17) is 11.6 Å². The summed E-state index contributed by atoms with van der Waals surface area (Å²) in [4.78, 5) is 14.2. The van der Waals surface area contributed by atoms with Crippen LogP contribution < -0.4 is 0 Å². The highest BCUT2D eigenvalue weighted by Gasteiger charge is 2.29. The number of benzene rings is 2. The number of carbonyl (C=O) groups is 1. The number of hydrogen-bond acceptors (Lipinski definition) is 3. The van der Waals surface area contributed by atoms with E-state index in [2.05, 4.69) is 0 Å². The topological polar surface area (TPSA) is 57.7 Å². The van der Waals surface area contributed by atoms with Gasteiger partial charge in [0.25, 0.3) is 0 Å². The Hall–Kier alpha value is -2.15. The molecule has 0 aliphatic carbocycles. The molecular formula is C20H21ClN2O3S. The predicted molar refractivity (Wildman–Crippen MR) is 107 cm³/mol. The van der Waals surface area contributed by atoms with Crippen LogP contribution in [0, 0.1) is 6.92 Å². The fourth-order valence-electron chi connectivity index (χ4n) is 2.88. The average molecular weight is 405 g/mol. The maximum atomic E-state index is 12.7. The van der Waals surface area contributed by atoms with Gasteiger partial charge >= 0.3 is 0 Å². The van der Waals surface area contributed by atoms with Crippen LogP contribution in [0.1, 0.15) is 11.1 Å². The van der Waals surface area contributed by atoms with Gasteiger partial charge in [0.2, 0.25) is 15.9 Å². The van der Waals surface area contributed by atoms with Crippen molar-refractivity contribution in [3.63, 3.8) is 0 Å². The molecule has 1 saturated heterocycles. The first-order chi connectivity index (χ1) is 12.9. The summed E-state index contributed by atoms with van der Waals surface area (Å²) in [6, 6.07) is 14.1. The number of sulfonamides is 1. The summed E-state index contributed by atoms with van der Waals surface area (Å²) in [5.74, 6) is -0.115. The van der Waals surface area contributed by atoms with Crippen LogP contribution in [0.5, 0.6) is 0 Å². The summed E-state index contributed by atoms with van der Waals surface area (Å²) >= 11 is 5.90. The number of hydrogen-bond donors (Lipinski definition) is 0. The Labute approximate surface area is 164 Å². The van der Waals surface area contributed by atoms with Crippen LogP contribution in [-0.4, -0.2) is 49.7 Å². The van der Waals surface area contributed by atoms with Crippen molar-refractivity contribution in [2.45, 2.75) is 11.8 Å². The lowest BCUT2D eigenvalue weighted by Crippen LogP contribution is -2.50. The molecule has 0 atom stereocenters. The Kier molecular flexibility index (Phi) is 5.99. The number of nitrogens with zero attached hydrogens (tertiary/aromatic N) is 2. The summed E-state index contributed by atoms with van der Waals surface area (Å²) in [5.41, 5.74) is 2.12. The molecule has 27 heavy (non-hydrogen) atoms. The molecule has 0 aromatic heterocycles. The molecule has 5 nitrogen and oxygen atoms in total. The van der Waals surface area contributed by atoms with E-state index >= 15 is 0 Å². The van der Waals surface area contributed by atoms with Gasteiger partial charge in [0, 0.05) is 37.3 Å². The summed E-state index contributed by atoms with van der Waals surface area (Å²) in [6.07, 6.45) is 3.31. The van der Waals surface area contributed by atoms with E-state index in [0.29, 0.717) is 18.1 Å². The Morgan fingerprint density at radius 2 is 1.70 bits per heavy atom. The van der Waals surface area contributed by atoms with Crippen molar-refractivity contribution in [2.75, 3.05) is 26.2 Å². The van der Waals surface area contributed by atoms with E-state index in [-0.39, 0.29) is 23.9 Å². The maximum Gasteiger partial charge on any atom is 0.246 e. The van der Waals surface area contributed by atoms with Crippen molar-refractivity contribution < 1.29 is 13.2 Å². The molecule has 3 rings (SSSR count). The van der Waals surface area contributed by atoms with Gasteiger partial charge in [-0.25, -0.2) is 8.42 Å². The smallest absolute Gasteiger partial charge is 0.246 e. The molecule has 0 saturated carbocycles. The highest BCUT2D eigenvalue weighted by molar-refractivity contribution is 7.89. The first-order valence-corrected chi connectivity index (χ1v) is 10.5. The fraction of sp³-hybridized carbons (Fsp3) is 0.250. The lowest BCUT2D eigenvalue weighted by molar-refractivity contribution is -0.127. The predicted octanol–water partition coefficient (Wildman–Crippen LogP) is 3.19. The molecule has 0 unspecified atom stereocenters. The highest BCUT2D eigenvalue weighted by Crippen LogP contribution is 2.21. The Balaban J connectivity index is 1.61. The molecule has 1 aliphatic heterocycles. The molecule has 2 aromatic rings. The van der Waals surface area contributed by atoms with Gasteiger partial charge in [0.15, 0.2) is 0 Å². The molecule has 1 aliphatic rings. The quantitative estimate of drug-likeness (QED) is 0.735. The van der Waals surface area contributed by atoms with Crippen LogP contribution in [0.25, 0.3) is 6.08 Å². The monoisotopic (exact) mass is 404 g/mol. The maximum absolute atomic E-state index is 12.7. The molecule has 7 heteroatoms. The zero-order valence-electron chi connectivity index (χ0n) is 15.0. The van der Waals surface area contributed by atoms with Crippen LogP contribution in [-0.2, 0) is 14.8 Å². The molecule has 2 aromatic carbocycles. The average Bonchev–Trinajstić information content (AvgIpc) is 2.67. The summed E-state index contributed by atoms with van der Waals surface area (Å²) in [5, 5.41) is 0.381. The lowest BCUT2D eigenvalue weighted by Gasteiger charge is -2.33. The van der Waals surface area contributed by atoms with Crippen LogP contribution in [0.2, 0.25) is 5.02 Å². The first-order valence-electron chi connectivity index (χ1n) is 8.66. The zero-order chi connectivity index (χ0) is 19.4. The van der Waals surface area contributed by atoms with Crippen LogP contribution >= 0.6 is 11.6 Å². The van der Waals surface area contributed by atoms with Gasteiger partial charge < -0.3 is 4.90 Å². The molecule has 0 N–H and O–H groups in total. The fourth-order valence-corrected chi connectivity index (χ4v) is 4.60. The number of piperazine rings is 1. The van der Waals surface area contributed by atoms with E-state index in [1.165, 1.54) is 22.5 Å². The van der Waals surface area contributed by atoms with Crippen LogP contribution in [0.15, 0.2) is 59.5 Å². The molecule has 0 radical (unpaired) electrons. The lowest BCUT2D eigenvalue weighted by atomic mass is 10.1. The molecule has 142 valence electrons. The third kappa shape index (κ3) is 4.77. The largest absolute Gasteiger partial charge is 0.337 e. The van der Waals surface area contributed by atoms with Crippen molar-refractivity contribution in [1.82, 2.24) is 9.21 Å². The van der Waals surface area contributed by atoms with Gasteiger partial charge in [0.05, 0.1) is 4.90 Å².